The maximum atomic E-state index is 10.1. The number of hydrogen-bond acceptors (Lipinski definition) is 2. The highest BCUT2D eigenvalue weighted by molar-refractivity contribution is 5.40. The molecule has 3 rings (SSSR count). The van der Waals surface area contributed by atoms with E-state index in [0.29, 0.717) is 23.8 Å². The van der Waals surface area contributed by atoms with E-state index in [9.17, 15) is 5.11 Å². The van der Waals surface area contributed by atoms with Crippen LogP contribution in [-0.4, -0.2) is 14.9 Å². The predicted octanol–water partition coefficient (Wildman–Crippen LogP) is 2.58. The zero-order chi connectivity index (χ0) is 13.1. The van der Waals surface area contributed by atoms with Gasteiger partial charge >= 0.3 is 0 Å². The van der Waals surface area contributed by atoms with Crippen LogP contribution in [0.15, 0.2) is 17.7 Å². The molecule has 0 aromatic carbocycles. The highest BCUT2D eigenvalue weighted by atomic mass is 16.3. The van der Waals surface area contributed by atoms with Crippen LogP contribution in [0.1, 0.15) is 31.5 Å². The monoisotopic (exact) mass is 243 g/mol. The maximum Gasteiger partial charge on any atom is 0.203 e. The van der Waals surface area contributed by atoms with Crippen LogP contribution in [0.3, 0.4) is 0 Å². The molecule has 0 aliphatic heterocycles. The van der Waals surface area contributed by atoms with Gasteiger partial charge in [-0.15, -0.1) is 0 Å². The molecule has 1 heterocycles. The molecule has 4 nitrogen and oxygen atoms in total. The smallest absolute Gasteiger partial charge is 0.203 e. The fraction of sp³-hybridized carbons (Fsp3) is 0.571. The molecule has 0 unspecified atom stereocenters. The number of fused-ring (bicyclic) bond motifs is 3. The van der Waals surface area contributed by atoms with E-state index in [-0.39, 0.29) is 11.3 Å². The van der Waals surface area contributed by atoms with Crippen molar-refractivity contribution in [3.8, 4) is 0 Å². The molecular weight excluding hydrogens is 226 g/mol. The number of hydrogen-bond donors (Lipinski definition) is 1. The van der Waals surface area contributed by atoms with Crippen molar-refractivity contribution in [3.05, 3.63) is 40.3 Å². The average molecular weight is 243 g/mol. The van der Waals surface area contributed by atoms with Gasteiger partial charge in [-0.3, -0.25) is 4.68 Å². The minimum absolute atomic E-state index is 0.0485. The van der Waals surface area contributed by atoms with Gasteiger partial charge in [0, 0.05) is 24.6 Å². The van der Waals surface area contributed by atoms with E-state index < -0.39 is 0 Å². The molecule has 0 saturated carbocycles. The molecule has 0 saturated heterocycles. The van der Waals surface area contributed by atoms with Gasteiger partial charge in [0.15, 0.2) is 0 Å². The van der Waals surface area contributed by atoms with Gasteiger partial charge < -0.3 is 5.11 Å². The van der Waals surface area contributed by atoms with Gasteiger partial charge in [0.25, 0.3) is 0 Å². The normalized spacial score (nSPS) is 34.1. The van der Waals surface area contributed by atoms with Crippen LogP contribution in [-0.2, 0) is 18.9 Å². The van der Waals surface area contributed by atoms with Gasteiger partial charge in [0.1, 0.15) is 0 Å². The fourth-order valence-electron chi connectivity index (χ4n) is 3.74. The van der Waals surface area contributed by atoms with Gasteiger partial charge in [-0.05, 0) is 24.3 Å². The Morgan fingerprint density at radius 3 is 3.00 bits per heavy atom. The standard InChI is InChI=1S/C14H17N3O/c1-8-10-5-9-7-17(4)16-13(9)14(10,2)6-11(15-3)12(8)18/h7-8,10,18H,5-6H2,1-2,4H3/t8-,10-,14-/m0/s1. The third-order valence-corrected chi connectivity index (χ3v) is 4.70. The van der Waals surface area contributed by atoms with Crippen molar-refractivity contribution in [2.75, 3.05) is 0 Å². The summed E-state index contributed by atoms with van der Waals surface area (Å²) in [6.07, 6.45) is 3.64. The molecule has 0 amide bonds. The number of nitrogens with zero attached hydrogens (tertiary/aromatic N) is 3. The van der Waals surface area contributed by atoms with Crippen LogP contribution in [0.2, 0.25) is 0 Å². The largest absolute Gasteiger partial charge is 0.523 e. The molecule has 1 aromatic heterocycles. The Kier molecular flexibility index (Phi) is 2.13. The summed E-state index contributed by atoms with van der Waals surface area (Å²) in [5.74, 6) is 0.705. The molecule has 3 atom stereocenters. The average Bonchev–Trinajstić information content (AvgIpc) is 2.81. The molecule has 18 heavy (non-hydrogen) atoms. The van der Waals surface area contributed by atoms with E-state index in [4.69, 9.17) is 6.57 Å². The third-order valence-electron chi connectivity index (χ3n) is 4.70. The Morgan fingerprint density at radius 2 is 2.33 bits per heavy atom. The van der Waals surface area contributed by atoms with Gasteiger partial charge in [-0.2, -0.15) is 5.10 Å². The van der Waals surface area contributed by atoms with E-state index in [2.05, 4.69) is 23.1 Å². The molecule has 94 valence electrons. The van der Waals surface area contributed by atoms with Crippen molar-refractivity contribution >= 4 is 0 Å². The lowest BCUT2D eigenvalue weighted by Crippen LogP contribution is -2.38. The fourth-order valence-corrected chi connectivity index (χ4v) is 3.74. The molecule has 4 heteroatoms. The first-order valence-corrected chi connectivity index (χ1v) is 6.30. The summed E-state index contributed by atoms with van der Waals surface area (Å²) in [6.45, 7) is 11.4. The van der Waals surface area contributed by atoms with Crippen LogP contribution >= 0.6 is 0 Å². The minimum Gasteiger partial charge on any atom is -0.523 e. The predicted molar refractivity (Wildman–Crippen MR) is 67.8 cm³/mol. The van der Waals surface area contributed by atoms with E-state index in [1.54, 1.807) is 0 Å². The Hall–Kier alpha value is -1.76. The Bertz CT molecular complexity index is 593. The zero-order valence-corrected chi connectivity index (χ0v) is 10.9. The summed E-state index contributed by atoms with van der Waals surface area (Å²) in [5, 5.41) is 14.7. The molecule has 1 aromatic rings. The minimum atomic E-state index is -0.0951. The van der Waals surface area contributed by atoms with E-state index in [1.807, 2.05) is 18.7 Å². The first kappa shape index (κ1) is 11.3. The van der Waals surface area contributed by atoms with Crippen molar-refractivity contribution in [1.29, 1.82) is 0 Å². The Morgan fingerprint density at radius 1 is 1.61 bits per heavy atom. The second kappa shape index (κ2) is 3.38. The summed E-state index contributed by atoms with van der Waals surface area (Å²) in [6, 6.07) is 0. The zero-order valence-electron chi connectivity index (χ0n) is 10.9. The number of rotatable bonds is 0. The van der Waals surface area contributed by atoms with Crippen LogP contribution in [0, 0.1) is 18.4 Å². The van der Waals surface area contributed by atoms with E-state index in [1.165, 1.54) is 5.56 Å². The van der Waals surface area contributed by atoms with Gasteiger partial charge in [0.05, 0.1) is 18.0 Å². The Balaban J connectivity index is 2.14. The van der Waals surface area contributed by atoms with E-state index >= 15 is 0 Å². The lowest BCUT2D eigenvalue weighted by Gasteiger charge is -2.39. The first-order chi connectivity index (χ1) is 8.47. The van der Waals surface area contributed by atoms with Crippen molar-refractivity contribution < 1.29 is 5.11 Å². The molecule has 1 N–H and O–H groups in total. The number of aromatic nitrogens is 2. The second-order valence-electron chi connectivity index (χ2n) is 5.81. The molecule has 0 radical (unpaired) electrons. The van der Waals surface area contributed by atoms with Crippen LogP contribution in [0.4, 0.5) is 0 Å². The second-order valence-corrected chi connectivity index (χ2v) is 5.81. The SMILES string of the molecule is [C-]#[N+]C1=C(O)[C@@H](C)[C@@H]2Cc3cn(C)nc3[C@@]2(C)C1. The molecule has 0 spiro atoms. The topological polar surface area (TPSA) is 42.4 Å². The summed E-state index contributed by atoms with van der Waals surface area (Å²) < 4.78 is 1.85. The third kappa shape index (κ3) is 1.22. The lowest BCUT2D eigenvalue weighted by atomic mass is 9.65. The summed E-state index contributed by atoms with van der Waals surface area (Å²) in [7, 11) is 1.94. The van der Waals surface area contributed by atoms with E-state index in [0.717, 1.165) is 12.1 Å². The van der Waals surface area contributed by atoms with Crippen molar-refractivity contribution in [3.63, 3.8) is 0 Å². The molecule has 0 bridgehead atoms. The van der Waals surface area contributed by atoms with Crippen LogP contribution < -0.4 is 0 Å². The number of allylic oxidation sites excluding steroid dienone is 2. The van der Waals surface area contributed by atoms with Gasteiger partial charge in [-0.25, -0.2) is 4.85 Å². The van der Waals surface area contributed by atoms with Gasteiger partial charge in [-0.1, -0.05) is 13.8 Å². The lowest BCUT2D eigenvalue weighted by molar-refractivity contribution is 0.170. The highest BCUT2D eigenvalue weighted by Gasteiger charge is 2.52. The number of aliphatic hydroxyl groups excluding tert-OH is 1. The molecule has 2 aliphatic rings. The number of aliphatic hydroxyl groups is 1. The quantitative estimate of drug-likeness (QED) is 0.712. The van der Waals surface area contributed by atoms with Crippen LogP contribution in [0.25, 0.3) is 4.85 Å². The summed E-state index contributed by atoms with van der Waals surface area (Å²) in [4.78, 5) is 3.51. The highest BCUT2D eigenvalue weighted by Crippen LogP contribution is 2.54. The van der Waals surface area contributed by atoms with Crippen LogP contribution in [0.5, 0.6) is 0 Å². The maximum absolute atomic E-state index is 10.1. The van der Waals surface area contributed by atoms with Crippen molar-refractivity contribution in [1.82, 2.24) is 9.78 Å². The van der Waals surface area contributed by atoms with Crippen molar-refractivity contribution in [2.24, 2.45) is 18.9 Å². The molecular formula is C14H17N3O. The van der Waals surface area contributed by atoms with Crippen molar-refractivity contribution in [2.45, 2.75) is 32.1 Å². The first-order valence-electron chi connectivity index (χ1n) is 6.30. The number of aryl methyl sites for hydroxylation is 1. The molecule has 0 fully saturated rings. The Labute approximate surface area is 107 Å². The summed E-state index contributed by atoms with van der Waals surface area (Å²) in [5.41, 5.74) is 2.81. The summed E-state index contributed by atoms with van der Waals surface area (Å²) >= 11 is 0. The van der Waals surface area contributed by atoms with Gasteiger partial charge in [0.2, 0.25) is 5.70 Å². The molecule has 2 aliphatic carbocycles.